The monoisotopic (exact) mass is 258 g/mol. The maximum Gasteiger partial charge on any atom is 0.168 e. The molecule has 0 N–H and O–H groups in total. The summed E-state index contributed by atoms with van der Waals surface area (Å²) in [5.74, 6) is 0.250. The van der Waals surface area contributed by atoms with Gasteiger partial charge in [-0.3, -0.25) is 0 Å². The van der Waals surface area contributed by atoms with Crippen molar-refractivity contribution in [2.45, 2.75) is 63.7 Å². The van der Waals surface area contributed by atoms with Crippen LogP contribution in [0.2, 0.25) is 12.6 Å². The van der Waals surface area contributed by atoms with Crippen LogP contribution in [0.3, 0.4) is 0 Å². The lowest BCUT2D eigenvalue weighted by molar-refractivity contribution is -0.255. The lowest BCUT2D eigenvalue weighted by Crippen LogP contribution is -2.46. The Kier molecular flexibility index (Phi) is 4.63. The van der Waals surface area contributed by atoms with Crippen molar-refractivity contribution in [3.8, 4) is 0 Å². The molecule has 3 nitrogen and oxygen atoms in total. The fourth-order valence-corrected chi connectivity index (χ4v) is 4.66. The van der Waals surface area contributed by atoms with Gasteiger partial charge in [-0.25, -0.2) is 0 Å². The van der Waals surface area contributed by atoms with Gasteiger partial charge in [0, 0.05) is 28.7 Å². The molecule has 3 atom stereocenters. The van der Waals surface area contributed by atoms with Gasteiger partial charge in [0.25, 0.3) is 0 Å². The first-order valence-corrected chi connectivity index (χ1v) is 9.60. The van der Waals surface area contributed by atoms with E-state index in [0.717, 1.165) is 25.7 Å². The fraction of sp³-hybridized carbons (Fsp3) is 1.00. The van der Waals surface area contributed by atoms with Crippen molar-refractivity contribution < 1.29 is 14.2 Å². The van der Waals surface area contributed by atoms with Gasteiger partial charge in [0.1, 0.15) is 0 Å². The Morgan fingerprint density at radius 2 is 1.88 bits per heavy atom. The lowest BCUT2D eigenvalue weighted by atomic mass is 9.83. The Bertz CT molecular complexity index is 230. The zero-order valence-corrected chi connectivity index (χ0v) is 12.8. The molecule has 1 saturated heterocycles. The van der Waals surface area contributed by atoms with Crippen LogP contribution in [-0.2, 0) is 14.2 Å². The molecule has 0 bridgehead atoms. The second kappa shape index (κ2) is 5.82. The van der Waals surface area contributed by atoms with Crippen LogP contribution >= 0.6 is 0 Å². The van der Waals surface area contributed by atoms with Gasteiger partial charge < -0.3 is 14.2 Å². The largest absolute Gasteiger partial charge is 0.370 e. The highest BCUT2D eigenvalue weighted by molar-refractivity contribution is 6.33. The van der Waals surface area contributed by atoms with Crippen molar-refractivity contribution >= 4 is 9.52 Å². The van der Waals surface area contributed by atoms with Crippen molar-refractivity contribution in [2.75, 3.05) is 13.2 Å². The maximum atomic E-state index is 6.07. The normalized spacial score (nSPS) is 33.0. The van der Waals surface area contributed by atoms with Crippen LogP contribution in [0.4, 0.5) is 0 Å². The summed E-state index contributed by atoms with van der Waals surface area (Å²) in [6.07, 6.45) is 4.61. The molecule has 1 saturated carbocycles. The summed E-state index contributed by atoms with van der Waals surface area (Å²) in [5.41, 5.74) is 0. The summed E-state index contributed by atoms with van der Waals surface area (Å²) in [7, 11) is -0.0699. The molecule has 0 aromatic heterocycles. The Labute approximate surface area is 107 Å². The SMILES string of the molecule is CCOC(C[SiH2]C)(OCC)C1CCC2OC2C1. The summed E-state index contributed by atoms with van der Waals surface area (Å²) < 4.78 is 17.8. The molecule has 3 unspecified atom stereocenters. The van der Waals surface area contributed by atoms with E-state index in [4.69, 9.17) is 14.2 Å². The first-order valence-electron chi connectivity index (χ1n) is 7.19. The standard InChI is InChI=1S/C13H26O3Si/c1-4-14-13(9-17-3,15-5-2)10-6-7-11-12(8-10)16-11/h10-12H,4-9,17H2,1-3H3. The fourth-order valence-electron chi connectivity index (χ4n) is 3.27. The van der Waals surface area contributed by atoms with E-state index in [0.29, 0.717) is 18.1 Å². The highest BCUT2D eigenvalue weighted by atomic mass is 28.2. The third-order valence-electron chi connectivity index (χ3n) is 4.00. The molecule has 1 aliphatic heterocycles. The Hall–Kier alpha value is 0.0969. The van der Waals surface area contributed by atoms with Gasteiger partial charge in [0.05, 0.1) is 12.2 Å². The molecule has 0 radical (unpaired) electrons. The minimum Gasteiger partial charge on any atom is -0.370 e. The van der Waals surface area contributed by atoms with E-state index in [1.165, 1.54) is 12.8 Å². The van der Waals surface area contributed by atoms with Crippen LogP contribution in [0.15, 0.2) is 0 Å². The molecule has 0 aromatic carbocycles. The van der Waals surface area contributed by atoms with Gasteiger partial charge in [0.2, 0.25) is 0 Å². The smallest absolute Gasteiger partial charge is 0.168 e. The predicted octanol–water partition coefficient (Wildman–Crippen LogP) is 1.96. The number of ether oxygens (including phenoxy) is 3. The quantitative estimate of drug-likeness (QED) is 0.397. The van der Waals surface area contributed by atoms with Crippen molar-refractivity contribution in [1.29, 1.82) is 0 Å². The molecule has 2 fully saturated rings. The van der Waals surface area contributed by atoms with E-state index in [9.17, 15) is 0 Å². The third-order valence-corrected chi connectivity index (χ3v) is 5.20. The van der Waals surface area contributed by atoms with Gasteiger partial charge in [-0.2, -0.15) is 0 Å². The molecule has 1 aliphatic carbocycles. The van der Waals surface area contributed by atoms with Crippen molar-refractivity contribution in [2.24, 2.45) is 5.92 Å². The van der Waals surface area contributed by atoms with E-state index in [1.54, 1.807) is 0 Å². The summed E-state index contributed by atoms with van der Waals surface area (Å²) in [6.45, 7) is 7.99. The Morgan fingerprint density at radius 1 is 1.18 bits per heavy atom. The summed E-state index contributed by atoms with van der Waals surface area (Å²) in [6, 6.07) is 1.14. The van der Waals surface area contributed by atoms with Gasteiger partial charge in [-0.1, -0.05) is 6.55 Å². The van der Waals surface area contributed by atoms with Crippen LogP contribution in [0, 0.1) is 5.92 Å². The topological polar surface area (TPSA) is 31.0 Å². The molecule has 0 amide bonds. The van der Waals surface area contributed by atoms with Gasteiger partial charge in [-0.05, 0) is 39.2 Å². The lowest BCUT2D eigenvalue weighted by Gasteiger charge is -2.41. The first kappa shape index (κ1) is 13.5. The van der Waals surface area contributed by atoms with Crippen LogP contribution < -0.4 is 0 Å². The number of epoxide rings is 1. The van der Waals surface area contributed by atoms with E-state index < -0.39 is 0 Å². The Balaban J connectivity index is 2.04. The summed E-state index contributed by atoms with van der Waals surface area (Å²) >= 11 is 0. The van der Waals surface area contributed by atoms with Crippen molar-refractivity contribution in [3.63, 3.8) is 0 Å². The third kappa shape index (κ3) is 2.92. The Morgan fingerprint density at radius 3 is 2.41 bits per heavy atom. The van der Waals surface area contributed by atoms with Crippen molar-refractivity contribution in [3.05, 3.63) is 0 Å². The second-order valence-electron chi connectivity index (χ2n) is 5.15. The molecule has 1 heterocycles. The molecule has 0 spiro atoms. The minimum atomic E-state index is -0.290. The van der Waals surface area contributed by atoms with Crippen LogP contribution in [-0.4, -0.2) is 40.7 Å². The number of fused-ring (bicyclic) bond motifs is 1. The molecular formula is C13H26O3Si. The van der Waals surface area contributed by atoms with Gasteiger partial charge in [-0.15, -0.1) is 0 Å². The highest BCUT2D eigenvalue weighted by Gasteiger charge is 2.51. The van der Waals surface area contributed by atoms with E-state index in [1.807, 2.05) is 0 Å². The summed E-state index contributed by atoms with van der Waals surface area (Å²) in [5, 5.41) is 0. The molecular weight excluding hydrogens is 232 g/mol. The molecule has 0 aromatic rings. The second-order valence-corrected chi connectivity index (χ2v) is 6.65. The molecule has 100 valence electrons. The van der Waals surface area contributed by atoms with Crippen LogP contribution in [0.5, 0.6) is 0 Å². The van der Waals surface area contributed by atoms with Crippen molar-refractivity contribution in [1.82, 2.24) is 0 Å². The van der Waals surface area contributed by atoms with Crippen LogP contribution in [0.1, 0.15) is 33.1 Å². The summed E-state index contributed by atoms with van der Waals surface area (Å²) in [4.78, 5) is 0. The average Bonchev–Trinajstić information content (AvgIpc) is 3.07. The predicted molar refractivity (Wildman–Crippen MR) is 71.2 cm³/mol. The first-order chi connectivity index (χ1) is 8.25. The van der Waals surface area contributed by atoms with Gasteiger partial charge >= 0.3 is 0 Å². The maximum absolute atomic E-state index is 6.07. The molecule has 2 rings (SSSR count). The van der Waals surface area contributed by atoms with E-state index in [-0.39, 0.29) is 15.3 Å². The zero-order valence-electron chi connectivity index (χ0n) is 11.4. The average molecular weight is 258 g/mol. The molecule has 17 heavy (non-hydrogen) atoms. The number of rotatable bonds is 7. The van der Waals surface area contributed by atoms with E-state index >= 15 is 0 Å². The minimum absolute atomic E-state index is 0.0699. The van der Waals surface area contributed by atoms with Crippen LogP contribution in [0.25, 0.3) is 0 Å². The zero-order chi connectivity index (χ0) is 12.3. The highest BCUT2D eigenvalue weighted by Crippen LogP contribution is 2.46. The molecule has 2 aliphatic rings. The van der Waals surface area contributed by atoms with Gasteiger partial charge in [0.15, 0.2) is 5.79 Å². The van der Waals surface area contributed by atoms with E-state index in [2.05, 4.69) is 20.4 Å². The number of hydrogen-bond donors (Lipinski definition) is 0. The number of hydrogen-bond acceptors (Lipinski definition) is 3. The molecule has 4 heteroatoms.